The molecule has 1 saturated heterocycles. The fourth-order valence-corrected chi connectivity index (χ4v) is 6.53. The van der Waals surface area contributed by atoms with Crippen LogP contribution in [-0.2, 0) is 20.8 Å². The minimum Gasteiger partial charge on any atom is -0.347 e. The monoisotopic (exact) mass is 525 g/mol. The highest BCUT2D eigenvalue weighted by Crippen LogP contribution is 2.32. The molecule has 5 atom stereocenters. The van der Waals surface area contributed by atoms with Gasteiger partial charge >= 0.3 is 0 Å². The van der Waals surface area contributed by atoms with Crippen LogP contribution in [-0.4, -0.2) is 66.4 Å². The molecule has 2 aliphatic carbocycles. The molecule has 0 unspecified atom stereocenters. The maximum atomic E-state index is 14.2. The Bertz CT molecular complexity index is 976. The fourth-order valence-electron chi connectivity index (χ4n) is 6.53. The van der Waals surface area contributed by atoms with Gasteiger partial charge in [0, 0.05) is 18.6 Å². The molecule has 0 spiro atoms. The molecule has 2 fully saturated rings. The number of rotatable bonds is 9. The Morgan fingerprint density at radius 2 is 1.71 bits per heavy atom. The van der Waals surface area contributed by atoms with Gasteiger partial charge in [0.25, 0.3) is 0 Å². The standard InChI is InChI=1S/C30H47N5O3/c1-19(2)32-23-17-26(29(37)33-25-16-10-14-21-11-8-9-15-24(21)25)35(18-23)30(38)27(22-12-6-5-7-13-22)34-28(36)20(3)31-4/h8-9,11,15,19-20,22-23,25-27,31-32H,5-7,10,12-14,16-18H2,1-4H3,(H,33,37)(H,34,36)/t20-,23-,25+,26-,27-/m0/s1. The van der Waals surface area contributed by atoms with E-state index in [0.717, 1.165) is 51.4 Å². The van der Waals surface area contributed by atoms with Crippen LogP contribution in [0.2, 0.25) is 0 Å². The van der Waals surface area contributed by atoms with Crippen molar-refractivity contribution in [3.05, 3.63) is 35.4 Å². The molecule has 3 amide bonds. The maximum absolute atomic E-state index is 14.2. The number of carbonyl (C=O) groups is 3. The number of nitrogens with one attached hydrogen (secondary N) is 4. The van der Waals surface area contributed by atoms with Gasteiger partial charge in [0.15, 0.2) is 0 Å². The average molecular weight is 526 g/mol. The second-order valence-corrected chi connectivity index (χ2v) is 11.8. The first-order valence-corrected chi connectivity index (χ1v) is 14.7. The summed E-state index contributed by atoms with van der Waals surface area (Å²) in [7, 11) is 1.74. The Labute approximate surface area is 228 Å². The molecule has 4 rings (SSSR count). The number of aryl methyl sites for hydroxylation is 1. The van der Waals surface area contributed by atoms with E-state index in [0.29, 0.717) is 13.0 Å². The van der Waals surface area contributed by atoms with Crippen LogP contribution in [0.3, 0.4) is 0 Å². The van der Waals surface area contributed by atoms with E-state index >= 15 is 0 Å². The molecule has 1 aromatic carbocycles. The first-order valence-electron chi connectivity index (χ1n) is 14.7. The minimum absolute atomic E-state index is 0.0345. The Balaban J connectivity index is 1.56. The van der Waals surface area contributed by atoms with Crippen LogP contribution in [0.4, 0.5) is 0 Å². The van der Waals surface area contributed by atoms with Crippen LogP contribution in [0.5, 0.6) is 0 Å². The maximum Gasteiger partial charge on any atom is 0.246 e. The predicted octanol–water partition coefficient (Wildman–Crippen LogP) is 2.82. The van der Waals surface area contributed by atoms with E-state index in [1.807, 2.05) is 6.07 Å². The molecule has 38 heavy (non-hydrogen) atoms. The van der Waals surface area contributed by atoms with Crippen molar-refractivity contribution in [2.75, 3.05) is 13.6 Å². The number of fused-ring (bicyclic) bond motifs is 1. The zero-order valence-corrected chi connectivity index (χ0v) is 23.6. The van der Waals surface area contributed by atoms with Crippen molar-refractivity contribution >= 4 is 17.7 Å². The smallest absolute Gasteiger partial charge is 0.246 e. The minimum atomic E-state index is -0.609. The SMILES string of the molecule is CN[C@@H](C)C(=O)N[C@H](C(=O)N1C[C@@H](NC(C)C)C[C@H]1C(=O)N[C@@H]1CCCc2ccccc21)C1CCCCC1. The first-order chi connectivity index (χ1) is 18.3. The van der Waals surface area contributed by atoms with Crippen molar-refractivity contribution in [1.82, 2.24) is 26.2 Å². The molecule has 1 aliphatic heterocycles. The molecule has 1 saturated carbocycles. The summed E-state index contributed by atoms with van der Waals surface area (Å²) in [6, 6.07) is 7.02. The zero-order valence-electron chi connectivity index (χ0n) is 23.6. The summed E-state index contributed by atoms with van der Waals surface area (Å²) in [5, 5.41) is 12.9. The van der Waals surface area contributed by atoms with Gasteiger partial charge in [-0.05, 0) is 69.5 Å². The van der Waals surface area contributed by atoms with Gasteiger partial charge in [0.05, 0.1) is 12.1 Å². The Hall–Kier alpha value is -2.45. The summed E-state index contributed by atoms with van der Waals surface area (Å²) in [5.74, 6) is -0.293. The van der Waals surface area contributed by atoms with E-state index in [2.05, 4.69) is 53.3 Å². The molecule has 1 heterocycles. The van der Waals surface area contributed by atoms with E-state index in [-0.39, 0.29) is 41.8 Å². The lowest BCUT2D eigenvalue weighted by Crippen LogP contribution is -2.58. The van der Waals surface area contributed by atoms with Crippen LogP contribution < -0.4 is 21.3 Å². The van der Waals surface area contributed by atoms with E-state index in [4.69, 9.17) is 0 Å². The summed E-state index contributed by atoms with van der Waals surface area (Å²) in [4.78, 5) is 42.7. The molecule has 8 nitrogen and oxygen atoms in total. The van der Waals surface area contributed by atoms with E-state index in [1.165, 1.54) is 11.1 Å². The van der Waals surface area contributed by atoms with Crippen LogP contribution in [0.15, 0.2) is 24.3 Å². The van der Waals surface area contributed by atoms with Crippen molar-refractivity contribution in [2.24, 2.45) is 5.92 Å². The lowest BCUT2D eigenvalue weighted by molar-refractivity contribution is -0.143. The van der Waals surface area contributed by atoms with Gasteiger partial charge < -0.3 is 26.2 Å². The Morgan fingerprint density at radius 1 is 0.974 bits per heavy atom. The Morgan fingerprint density at radius 3 is 2.42 bits per heavy atom. The highest BCUT2D eigenvalue weighted by atomic mass is 16.2. The van der Waals surface area contributed by atoms with Gasteiger partial charge in [-0.1, -0.05) is 57.4 Å². The topological polar surface area (TPSA) is 103 Å². The molecule has 0 radical (unpaired) electrons. The molecule has 0 bridgehead atoms. The number of hydrogen-bond donors (Lipinski definition) is 4. The quantitative estimate of drug-likeness (QED) is 0.397. The zero-order chi connectivity index (χ0) is 27.2. The summed E-state index contributed by atoms with van der Waals surface area (Å²) in [6.45, 7) is 6.44. The summed E-state index contributed by atoms with van der Waals surface area (Å²) in [5.41, 5.74) is 2.48. The largest absolute Gasteiger partial charge is 0.347 e. The first kappa shape index (κ1) is 28.6. The molecule has 4 N–H and O–H groups in total. The number of hydrogen-bond acceptors (Lipinski definition) is 5. The third kappa shape index (κ3) is 6.75. The predicted molar refractivity (Wildman–Crippen MR) is 149 cm³/mol. The molecule has 210 valence electrons. The normalized spacial score (nSPS) is 25.5. The molecule has 0 aromatic heterocycles. The fraction of sp³-hybridized carbons (Fsp3) is 0.700. The van der Waals surface area contributed by atoms with Crippen LogP contribution in [0.1, 0.15) is 89.3 Å². The van der Waals surface area contributed by atoms with Gasteiger partial charge in [0.1, 0.15) is 12.1 Å². The van der Waals surface area contributed by atoms with E-state index < -0.39 is 18.1 Å². The number of likely N-dealkylation sites (N-methyl/N-ethyl adjacent to an activating group) is 1. The van der Waals surface area contributed by atoms with E-state index in [9.17, 15) is 14.4 Å². The summed E-state index contributed by atoms with van der Waals surface area (Å²) < 4.78 is 0. The van der Waals surface area contributed by atoms with Crippen molar-refractivity contribution in [3.63, 3.8) is 0 Å². The number of nitrogens with zero attached hydrogens (tertiary/aromatic N) is 1. The lowest BCUT2D eigenvalue weighted by atomic mass is 9.83. The van der Waals surface area contributed by atoms with Gasteiger partial charge in [-0.15, -0.1) is 0 Å². The Kier molecular flexibility index (Phi) is 9.82. The second kappa shape index (κ2) is 13.1. The summed E-state index contributed by atoms with van der Waals surface area (Å²) in [6.07, 6.45) is 8.67. The highest BCUT2D eigenvalue weighted by molar-refractivity contribution is 5.94. The third-order valence-electron chi connectivity index (χ3n) is 8.65. The van der Waals surface area contributed by atoms with Gasteiger partial charge in [-0.3, -0.25) is 14.4 Å². The van der Waals surface area contributed by atoms with Crippen LogP contribution in [0.25, 0.3) is 0 Å². The number of benzene rings is 1. The molecule has 1 aromatic rings. The van der Waals surface area contributed by atoms with Crippen molar-refractivity contribution < 1.29 is 14.4 Å². The second-order valence-electron chi connectivity index (χ2n) is 11.8. The van der Waals surface area contributed by atoms with Gasteiger partial charge in [0.2, 0.25) is 17.7 Å². The van der Waals surface area contributed by atoms with Crippen molar-refractivity contribution in [1.29, 1.82) is 0 Å². The van der Waals surface area contributed by atoms with E-state index in [1.54, 1.807) is 18.9 Å². The number of likely N-dealkylation sites (tertiary alicyclic amines) is 1. The van der Waals surface area contributed by atoms with Crippen molar-refractivity contribution in [2.45, 2.75) is 115 Å². The van der Waals surface area contributed by atoms with Crippen LogP contribution in [0, 0.1) is 5.92 Å². The molecular formula is C30H47N5O3. The summed E-state index contributed by atoms with van der Waals surface area (Å²) >= 11 is 0. The van der Waals surface area contributed by atoms with Gasteiger partial charge in [-0.2, -0.15) is 0 Å². The van der Waals surface area contributed by atoms with Crippen molar-refractivity contribution in [3.8, 4) is 0 Å². The third-order valence-corrected chi connectivity index (χ3v) is 8.65. The molecular weight excluding hydrogens is 478 g/mol. The number of amides is 3. The highest BCUT2D eigenvalue weighted by Gasteiger charge is 2.44. The van der Waals surface area contributed by atoms with Crippen LogP contribution >= 0.6 is 0 Å². The molecule has 3 aliphatic rings. The molecule has 8 heteroatoms. The lowest BCUT2D eigenvalue weighted by Gasteiger charge is -2.35. The van der Waals surface area contributed by atoms with Gasteiger partial charge in [-0.25, -0.2) is 0 Å². The number of carbonyl (C=O) groups excluding carboxylic acids is 3. The average Bonchev–Trinajstić information content (AvgIpc) is 3.34.